The van der Waals surface area contributed by atoms with Gasteiger partial charge in [-0.1, -0.05) is 17.7 Å². The van der Waals surface area contributed by atoms with Crippen molar-refractivity contribution in [1.82, 2.24) is 9.62 Å². The van der Waals surface area contributed by atoms with E-state index in [9.17, 15) is 39.6 Å². The number of hydrogen-bond acceptors (Lipinski definition) is 3. The fraction of sp³-hybridized carbons (Fsp3) is 0.562. The minimum atomic E-state index is -5.59. The summed E-state index contributed by atoms with van der Waals surface area (Å²) in [6.45, 7) is 0.399. The van der Waals surface area contributed by atoms with Crippen LogP contribution in [0.3, 0.4) is 0 Å². The first-order valence-corrected chi connectivity index (χ1v) is 9.60. The van der Waals surface area contributed by atoms with Crippen LogP contribution in [0.25, 0.3) is 0 Å². The first kappa shape index (κ1) is 22.5. The van der Waals surface area contributed by atoms with E-state index in [4.69, 9.17) is 0 Å². The molecular formula is C16H18F6N2O3S. The Balaban J connectivity index is 2.17. The molecule has 1 amide bonds. The van der Waals surface area contributed by atoms with Gasteiger partial charge in [-0.05, 0) is 32.4 Å². The fourth-order valence-corrected chi connectivity index (χ4v) is 4.16. The van der Waals surface area contributed by atoms with Crippen molar-refractivity contribution in [3.05, 3.63) is 29.8 Å². The van der Waals surface area contributed by atoms with Gasteiger partial charge in [0.05, 0.1) is 10.9 Å². The zero-order valence-electron chi connectivity index (χ0n) is 14.9. The molecule has 1 N–H and O–H groups in total. The van der Waals surface area contributed by atoms with Gasteiger partial charge in [0.1, 0.15) is 0 Å². The number of aryl methyl sites for hydroxylation is 1. The molecule has 0 aromatic heterocycles. The van der Waals surface area contributed by atoms with Gasteiger partial charge in [0.25, 0.3) is 0 Å². The van der Waals surface area contributed by atoms with Gasteiger partial charge < -0.3 is 4.90 Å². The van der Waals surface area contributed by atoms with E-state index in [0.29, 0.717) is 4.90 Å². The number of sulfonamides is 1. The summed E-state index contributed by atoms with van der Waals surface area (Å²) in [5.41, 5.74) is -3.25. The minimum absolute atomic E-state index is 0.181. The molecule has 0 bridgehead atoms. The third-order valence-corrected chi connectivity index (χ3v) is 6.26. The SMILES string of the molecule is Cc1ccc(S(=O)(=O)N[C@@H](C)C(=O)N2CCC(C(F)(F)F)(C(F)(F)F)C2)cc1. The normalized spacial score (nSPS) is 18.9. The molecule has 1 fully saturated rings. The van der Waals surface area contributed by atoms with Crippen LogP contribution < -0.4 is 4.72 Å². The summed E-state index contributed by atoms with van der Waals surface area (Å²) in [5, 5.41) is 0. The second-order valence-electron chi connectivity index (χ2n) is 6.74. The molecule has 1 heterocycles. The van der Waals surface area contributed by atoms with Crippen LogP contribution in [0.5, 0.6) is 0 Å². The van der Waals surface area contributed by atoms with Gasteiger partial charge in [-0.3, -0.25) is 4.79 Å². The summed E-state index contributed by atoms with van der Waals surface area (Å²) in [7, 11) is -4.18. The minimum Gasteiger partial charge on any atom is -0.340 e. The number of rotatable bonds is 4. The molecule has 0 saturated carbocycles. The van der Waals surface area contributed by atoms with Crippen LogP contribution in [0.1, 0.15) is 18.9 Å². The first-order valence-electron chi connectivity index (χ1n) is 8.12. The van der Waals surface area contributed by atoms with Gasteiger partial charge >= 0.3 is 12.4 Å². The molecule has 0 unspecified atom stereocenters. The van der Waals surface area contributed by atoms with Crippen LogP contribution in [0.4, 0.5) is 26.3 Å². The number of amides is 1. The summed E-state index contributed by atoms with van der Waals surface area (Å²) in [6, 6.07) is 4.00. The van der Waals surface area contributed by atoms with Crippen molar-refractivity contribution in [3.8, 4) is 0 Å². The van der Waals surface area contributed by atoms with Crippen molar-refractivity contribution in [2.24, 2.45) is 5.41 Å². The van der Waals surface area contributed by atoms with E-state index in [0.717, 1.165) is 12.5 Å². The maximum Gasteiger partial charge on any atom is 0.404 e. The molecule has 1 saturated heterocycles. The lowest BCUT2D eigenvalue weighted by Gasteiger charge is -2.33. The molecule has 0 aliphatic carbocycles. The molecule has 2 rings (SSSR count). The summed E-state index contributed by atoms with van der Waals surface area (Å²) in [6.07, 6.45) is -12.5. The van der Waals surface area contributed by atoms with Crippen LogP contribution >= 0.6 is 0 Å². The molecule has 28 heavy (non-hydrogen) atoms. The Bertz CT molecular complexity index is 819. The van der Waals surface area contributed by atoms with E-state index < -0.39 is 59.3 Å². The molecular weight excluding hydrogens is 414 g/mol. The highest BCUT2D eigenvalue weighted by molar-refractivity contribution is 7.89. The first-order chi connectivity index (χ1) is 12.6. The lowest BCUT2D eigenvalue weighted by Crippen LogP contribution is -2.53. The number of halogens is 6. The predicted octanol–water partition coefficient (Wildman–Crippen LogP) is 3.01. The molecule has 1 aliphatic heterocycles. The summed E-state index contributed by atoms with van der Waals surface area (Å²) in [4.78, 5) is 12.5. The van der Waals surface area contributed by atoms with Crippen molar-refractivity contribution < 1.29 is 39.6 Å². The number of nitrogens with zero attached hydrogens (tertiary/aromatic N) is 1. The van der Waals surface area contributed by atoms with Crippen molar-refractivity contribution in [2.75, 3.05) is 13.1 Å². The molecule has 5 nitrogen and oxygen atoms in total. The number of likely N-dealkylation sites (tertiary alicyclic amines) is 1. The van der Waals surface area contributed by atoms with E-state index in [1.807, 2.05) is 4.72 Å². The second-order valence-corrected chi connectivity index (χ2v) is 8.46. The van der Waals surface area contributed by atoms with Crippen LogP contribution in [-0.2, 0) is 14.8 Å². The number of carbonyl (C=O) groups excluding carboxylic acids is 1. The van der Waals surface area contributed by atoms with Crippen molar-refractivity contribution in [1.29, 1.82) is 0 Å². The Morgan fingerprint density at radius 1 is 1.11 bits per heavy atom. The van der Waals surface area contributed by atoms with Gasteiger partial charge in [0.15, 0.2) is 5.41 Å². The molecule has 158 valence electrons. The standard InChI is InChI=1S/C16H18F6N2O3S/c1-10-3-5-12(6-4-10)28(26,27)23-11(2)13(25)24-8-7-14(9-24,15(17,18)19)16(20,21)22/h3-6,11,23H,7-9H2,1-2H3/t11-/m0/s1. The van der Waals surface area contributed by atoms with Crippen LogP contribution in [-0.4, -0.2) is 50.7 Å². The molecule has 0 spiro atoms. The van der Waals surface area contributed by atoms with E-state index >= 15 is 0 Å². The number of benzene rings is 1. The molecule has 1 aromatic carbocycles. The van der Waals surface area contributed by atoms with Gasteiger partial charge in [0, 0.05) is 13.1 Å². The highest BCUT2D eigenvalue weighted by Gasteiger charge is 2.73. The van der Waals surface area contributed by atoms with E-state index in [2.05, 4.69) is 0 Å². The number of alkyl halides is 6. The number of nitrogens with one attached hydrogen (secondary N) is 1. The quantitative estimate of drug-likeness (QED) is 0.744. The largest absolute Gasteiger partial charge is 0.404 e. The maximum atomic E-state index is 13.1. The Hall–Kier alpha value is -1.82. The third kappa shape index (κ3) is 4.12. The molecule has 1 atom stereocenters. The van der Waals surface area contributed by atoms with E-state index in [1.54, 1.807) is 6.92 Å². The summed E-state index contributed by atoms with van der Waals surface area (Å²) >= 11 is 0. The van der Waals surface area contributed by atoms with Crippen molar-refractivity contribution >= 4 is 15.9 Å². The highest BCUT2D eigenvalue weighted by Crippen LogP contribution is 2.55. The Kier molecular flexibility index (Phi) is 5.79. The average molecular weight is 432 g/mol. The Morgan fingerprint density at radius 2 is 1.61 bits per heavy atom. The highest BCUT2D eigenvalue weighted by atomic mass is 32.2. The number of hydrogen-bond donors (Lipinski definition) is 1. The van der Waals surface area contributed by atoms with Gasteiger partial charge in [-0.15, -0.1) is 0 Å². The topological polar surface area (TPSA) is 66.5 Å². The number of carbonyl (C=O) groups is 1. The summed E-state index contributed by atoms with van der Waals surface area (Å²) < 4.78 is 105. The van der Waals surface area contributed by atoms with Crippen LogP contribution in [0.15, 0.2) is 29.2 Å². The molecule has 0 radical (unpaired) electrons. The molecule has 1 aliphatic rings. The Morgan fingerprint density at radius 3 is 2.04 bits per heavy atom. The van der Waals surface area contributed by atoms with E-state index in [-0.39, 0.29) is 4.90 Å². The smallest absolute Gasteiger partial charge is 0.340 e. The zero-order valence-corrected chi connectivity index (χ0v) is 15.7. The predicted molar refractivity (Wildman–Crippen MR) is 86.7 cm³/mol. The van der Waals surface area contributed by atoms with Gasteiger partial charge in [-0.2, -0.15) is 31.1 Å². The monoisotopic (exact) mass is 432 g/mol. The van der Waals surface area contributed by atoms with Gasteiger partial charge in [-0.25, -0.2) is 8.42 Å². The molecule has 1 aromatic rings. The Labute approximate surface area is 157 Å². The molecule has 12 heteroatoms. The zero-order chi connectivity index (χ0) is 21.5. The fourth-order valence-electron chi connectivity index (χ4n) is 2.96. The van der Waals surface area contributed by atoms with Crippen molar-refractivity contribution in [3.63, 3.8) is 0 Å². The second kappa shape index (κ2) is 7.21. The average Bonchev–Trinajstić information content (AvgIpc) is 3.00. The third-order valence-electron chi connectivity index (χ3n) is 4.70. The van der Waals surface area contributed by atoms with Crippen LogP contribution in [0, 0.1) is 12.3 Å². The van der Waals surface area contributed by atoms with E-state index in [1.165, 1.54) is 24.3 Å². The maximum absolute atomic E-state index is 13.1. The van der Waals surface area contributed by atoms with Crippen LogP contribution in [0.2, 0.25) is 0 Å². The lowest BCUT2D eigenvalue weighted by molar-refractivity contribution is -0.334. The summed E-state index contributed by atoms with van der Waals surface area (Å²) in [5.74, 6) is -1.16. The lowest BCUT2D eigenvalue weighted by atomic mass is 9.85. The van der Waals surface area contributed by atoms with Crippen molar-refractivity contribution in [2.45, 2.75) is 43.6 Å². The van der Waals surface area contributed by atoms with Gasteiger partial charge in [0.2, 0.25) is 15.9 Å².